The maximum Gasteiger partial charge on any atom is 0.257 e. The molecule has 2 aromatic heterocycles. The molecular weight excluding hydrogens is 389 g/mol. The third-order valence-electron chi connectivity index (χ3n) is 4.12. The zero-order chi connectivity index (χ0) is 19.0. The molecule has 1 aliphatic rings. The number of anilines is 2. The predicted molar refractivity (Wildman–Crippen MR) is 102 cm³/mol. The molecule has 4 rings (SSSR count). The first-order chi connectivity index (χ1) is 13.0. The molecular formula is C17H13Cl2N7O. The van der Waals surface area contributed by atoms with Crippen LogP contribution in [0.5, 0.6) is 0 Å². The average molecular weight is 402 g/mol. The molecule has 3 aromatic rings. The molecule has 1 aromatic carbocycles. The van der Waals surface area contributed by atoms with E-state index in [4.69, 9.17) is 23.2 Å². The molecule has 1 amide bonds. The highest BCUT2D eigenvalue weighted by atomic mass is 35.5. The SMILES string of the molecule is CC1=C(C(=O)Nc2ccccn2)[C@H](c2ccc(Cl)cc2Cl)n2nnnc2N1. The predicted octanol–water partition coefficient (Wildman–Crippen LogP) is 3.30. The van der Waals surface area contributed by atoms with Crippen LogP contribution in [0.2, 0.25) is 10.0 Å². The van der Waals surface area contributed by atoms with Crippen molar-refractivity contribution in [2.45, 2.75) is 13.0 Å². The smallest absolute Gasteiger partial charge is 0.257 e. The molecule has 0 unspecified atom stereocenters. The summed E-state index contributed by atoms with van der Waals surface area (Å²) >= 11 is 12.4. The van der Waals surface area contributed by atoms with Gasteiger partial charge in [-0.15, -0.1) is 0 Å². The van der Waals surface area contributed by atoms with E-state index >= 15 is 0 Å². The van der Waals surface area contributed by atoms with Gasteiger partial charge >= 0.3 is 0 Å². The number of carbonyl (C=O) groups excluding carboxylic acids is 1. The third kappa shape index (κ3) is 3.24. The number of hydrogen-bond donors (Lipinski definition) is 2. The van der Waals surface area contributed by atoms with Crippen LogP contribution < -0.4 is 10.6 Å². The van der Waals surface area contributed by atoms with E-state index in [1.807, 2.05) is 0 Å². The molecule has 0 saturated heterocycles. The van der Waals surface area contributed by atoms with Crippen LogP contribution in [0.15, 0.2) is 53.9 Å². The molecule has 1 atom stereocenters. The van der Waals surface area contributed by atoms with Gasteiger partial charge in [-0.1, -0.05) is 40.4 Å². The van der Waals surface area contributed by atoms with Gasteiger partial charge in [-0.2, -0.15) is 4.68 Å². The Hall–Kier alpha value is -2.97. The van der Waals surface area contributed by atoms with E-state index in [1.165, 1.54) is 4.68 Å². The Kier molecular flexibility index (Phi) is 4.51. The van der Waals surface area contributed by atoms with Crippen molar-refractivity contribution in [1.82, 2.24) is 25.2 Å². The maximum atomic E-state index is 13.1. The van der Waals surface area contributed by atoms with Crippen molar-refractivity contribution in [2.24, 2.45) is 0 Å². The summed E-state index contributed by atoms with van der Waals surface area (Å²) in [6, 6.07) is 9.73. The number of hydrogen-bond acceptors (Lipinski definition) is 6. The van der Waals surface area contributed by atoms with Gasteiger partial charge in [0.25, 0.3) is 5.91 Å². The minimum atomic E-state index is -0.621. The van der Waals surface area contributed by atoms with Crippen molar-refractivity contribution >= 4 is 40.9 Å². The van der Waals surface area contributed by atoms with E-state index in [2.05, 4.69) is 31.1 Å². The van der Waals surface area contributed by atoms with E-state index in [0.717, 1.165) is 0 Å². The third-order valence-corrected chi connectivity index (χ3v) is 4.68. The summed E-state index contributed by atoms with van der Waals surface area (Å²) < 4.78 is 1.51. The molecule has 1 aliphatic heterocycles. The Labute approximate surface area is 164 Å². The van der Waals surface area contributed by atoms with Crippen molar-refractivity contribution in [1.29, 1.82) is 0 Å². The normalized spacial score (nSPS) is 15.9. The van der Waals surface area contributed by atoms with Gasteiger partial charge in [-0.3, -0.25) is 4.79 Å². The average Bonchev–Trinajstić information content (AvgIpc) is 3.09. The summed E-state index contributed by atoms with van der Waals surface area (Å²) in [6.45, 7) is 1.78. The van der Waals surface area contributed by atoms with E-state index in [-0.39, 0.29) is 5.91 Å². The number of rotatable bonds is 3. The molecule has 27 heavy (non-hydrogen) atoms. The summed E-state index contributed by atoms with van der Waals surface area (Å²) in [5.74, 6) is 0.514. The van der Waals surface area contributed by atoms with Crippen molar-refractivity contribution < 1.29 is 4.79 Å². The fourth-order valence-electron chi connectivity index (χ4n) is 2.94. The lowest BCUT2D eigenvalue weighted by Crippen LogP contribution is -2.31. The number of carbonyl (C=O) groups is 1. The molecule has 0 saturated carbocycles. The van der Waals surface area contributed by atoms with Crippen LogP contribution in [0.25, 0.3) is 0 Å². The van der Waals surface area contributed by atoms with Crippen LogP contribution in [0.4, 0.5) is 11.8 Å². The van der Waals surface area contributed by atoms with Crippen molar-refractivity contribution in [3.63, 3.8) is 0 Å². The second-order valence-electron chi connectivity index (χ2n) is 5.85. The molecule has 0 aliphatic carbocycles. The highest BCUT2D eigenvalue weighted by molar-refractivity contribution is 6.35. The molecule has 0 spiro atoms. The Morgan fingerprint density at radius 1 is 1.26 bits per heavy atom. The Bertz CT molecular complexity index is 1050. The number of halogens is 2. The van der Waals surface area contributed by atoms with Gasteiger partial charge < -0.3 is 10.6 Å². The van der Waals surface area contributed by atoms with Gasteiger partial charge in [0.05, 0.1) is 5.57 Å². The zero-order valence-corrected chi connectivity index (χ0v) is 15.5. The second-order valence-corrected chi connectivity index (χ2v) is 6.69. The van der Waals surface area contributed by atoms with Crippen LogP contribution in [0.1, 0.15) is 18.5 Å². The molecule has 0 radical (unpaired) electrons. The lowest BCUT2D eigenvalue weighted by molar-refractivity contribution is -0.113. The summed E-state index contributed by atoms with van der Waals surface area (Å²) in [4.78, 5) is 17.2. The largest absolute Gasteiger partial charge is 0.326 e. The molecule has 2 N–H and O–H groups in total. The van der Waals surface area contributed by atoms with Crippen LogP contribution in [-0.2, 0) is 4.79 Å². The van der Waals surface area contributed by atoms with Crippen molar-refractivity contribution in [3.8, 4) is 0 Å². The van der Waals surface area contributed by atoms with Gasteiger partial charge in [0.2, 0.25) is 5.95 Å². The van der Waals surface area contributed by atoms with Gasteiger partial charge in [-0.25, -0.2) is 4.98 Å². The van der Waals surface area contributed by atoms with Crippen LogP contribution in [-0.4, -0.2) is 31.1 Å². The number of benzene rings is 1. The Balaban J connectivity index is 1.81. The minimum Gasteiger partial charge on any atom is -0.326 e. The molecule has 136 valence electrons. The fraction of sp³-hybridized carbons (Fsp3) is 0.118. The highest BCUT2D eigenvalue weighted by Gasteiger charge is 2.35. The highest BCUT2D eigenvalue weighted by Crippen LogP contribution is 2.38. The minimum absolute atomic E-state index is 0.337. The maximum absolute atomic E-state index is 13.1. The first-order valence-corrected chi connectivity index (χ1v) is 8.73. The summed E-state index contributed by atoms with van der Waals surface area (Å²) in [6.07, 6.45) is 1.60. The number of allylic oxidation sites excluding steroid dienone is 1. The van der Waals surface area contributed by atoms with Crippen molar-refractivity contribution in [3.05, 3.63) is 69.5 Å². The molecule has 0 fully saturated rings. The Morgan fingerprint density at radius 2 is 2.11 bits per heavy atom. The van der Waals surface area contributed by atoms with Gasteiger partial charge in [-0.05, 0) is 41.6 Å². The van der Waals surface area contributed by atoms with Crippen LogP contribution >= 0.6 is 23.2 Å². The molecule has 10 heteroatoms. The topological polar surface area (TPSA) is 97.6 Å². The van der Waals surface area contributed by atoms with E-state index in [1.54, 1.807) is 49.5 Å². The lowest BCUT2D eigenvalue weighted by Gasteiger charge is -2.28. The van der Waals surface area contributed by atoms with Gasteiger partial charge in [0, 0.05) is 27.5 Å². The number of tetrazole rings is 1. The first kappa shape index (κ1) is 17.4. The summed E-state index contributed by atoms with van der Waals surface area (Å²) in [5, 5.41) is 18.4. The number of fused-ring (bicyclic) bond motifs is 1. The van der Waals surface area contributed by atoms with Crippen LogP contribution in [0.3, 0.4) is 0 Å². The van der Waals surface area contributed by atoms with E-state index in [0.29, 0.717) is 38.6 Å². The number of nitrogens with zero attached hydrogens (tertiary/aromatic N) is 5. The van der Waals surface area contributed by atoms with E-state index < -0.39 is 6.04 Å². The number of pyridine rings is 1. The standard InChI is InChI=1S/C17H13Cl2N7O/c1-9-14(16(27)22-13-4-2-3-7-20-13)15(26-17(21-9)23-24-25-26)11-6-5-10(18)8-12(11)19/h2-8,15H,1H3,(H,20,22,27)(H,21,23,25)/t15-/m0/s1. The molecule has 8 nitrogen and oxygen atoms in total. The zero-order valence-electron chi connectivity index (χ0n) is 14.0. The lowest BCUT2D eigenvalue weighted by atomic mass is 9.95. The molecule has 3 heterocycles. The van der Waals surface area contributed by atoms with Gasteiger partial charge in [0.15, 0.2) is 0 Å². The number of amides is 1. The van der Waals surface area contributed by atoms with Crippen LogP contribution in [0, 0.1) is 0 Å². The quantitative estimate of drug-likeness (QED) is 0.698. The second kappa shape index (κ2) is 6.98. The fourth-order valence-corrected chi connectivity index (χ4v) is 3.45. The number of nitrogens with one attached hydrogen (secondary N) is 2. The summed E-state index contributed by atoms with van der Waals surface area (Å²) in [7, 11) is 0. The molecule has 0 bridgehead atoms. The van der Waals surface area contributed by atoms with Crippen molar-refractivity contribution in [2.75, 3.05) is 10.6 Å². The van der Waals surface area contributed by atoms with Gasteiger partial charge in [0.1, 0.15) is 11.9 Å². The first-order valence-electron chi connectivity index (χ1n) is 7.97. The summed E-state index contributed by atoms with van der Waals surface area (Å²) in [5.41, 5.74) is 1.69. The number of aromatic nitrogens is 5. The monoisotopic (exact) mass is 401 g/mol. The Morgan fingerprint density at radius 3 is 2.85 bits per heavy atom. The van der Waals surface area contributed by atoms with E-state index in [9.17, 15) is 4.79 Å².